The molecular formula is C11H18Cl2O. The van der Waals surface area contributed by atoms with E-state index in [0.29, 0.717) is 18.3 Å². The first-order valence-corrected chi connectivity index (χ1v) is 6.06. The van der Waals surface area contributed by atoms with Gasteiger partial charge in [0.2, 0.25) is 0 Å². The largest absolute Gasteiger partial charge is 0.299 e. The van der Waals surface area contributed by atoms with E-state index in [9.17, 15) is 4.79 Å². The minimum Gasteiger partial charge on any atom is -0.299 e. The highest BCUT2D eigenvalue weighted by atomic mass is 35.5. The first-order chi connectivity index (χ1) is 6.38. The second-order valence-electron chi connectivity index (χ2n) is 4.89. The SMILES string of the molecule is CC(C)[C@@H]1CC[C@@](C)(C(Cl)Cl)C(=O)C1. The number of halogens is 2. The Bertz CT molecular complexity index is 225. The molecule has 1 aliphatic rings. The van der Waals surface area contributed by atoms with Crippen LogP contribution in [0.4, 0.5) is 0 Å². The van der Waals surface area contributed by atoms with Crippen molar-refractivity contribution in [3.63, 3.8) is 0 Å². The normalized spacial score (nSPS) is 34.2. The molecule has 82 valence electrons. The van der Waals surface area contributed by atoms with E-state index in [1.807, 2.05) is 6.92 Å². The summed E-state index contributed by atoms with van der Waals surface area (Å²) in [4.78, 5) is 11.3. The highest BCUT2D eigenvalue weighted by Crippen LogP contribution is 2.43. The standard InChI is InChI=1S/C11H18Cl2O/c1-7(2)8-4-5-11(3,10(12)13)9(14)6-8/h7-8,10H,4-6H2,1-3H3/t8-,11-/m1/s1. The molecule has 0 amide bonds. The molecule has 1 fully saturated rings. The summed E-state index contributed by atoms with van der Waals surface area (Å²) in [5, 5.41) is 0. The third kappa shape index (κ3) is 2.25. The van der Waals surface area contributed by atoms with E-state index in [2.05, 4.69) is 13.8 Å². The third-order valence-corrected chi connectivity index (χ3v) is 4.51. The number of carbonyl (C=O) groups excluding carboxylic acids is 1. The highest BCUT2D eigenvalue weighted by Gasteiger charge is 2.43. The second-order valence-corrected chi connectivity index (χ2v) is 5.98. The van der Waals surface area contributed by atoms with Gasteiger partial charge in [0.25, 0.3) is 0 Å². The average molecular weight is 237 g/mol. The smallest absolute Gasteiger partial charge is 0.141 e. The maximum atomic E-state index is 11.9. The number of carbonyl (C=O) groups is 1. The number of rotatable bonds is 2. The van der Waals surface area contributed by atoms with Gasteiger partial charge in [0.05, 0.1) is 5.41 Å². The summed E-state index contributed by atoms with van der Waals surface area (Å²) in [5.41, 5.74) is -0.505. The number of hydrogen-bond donors (Lipinski definition) is 0. The molecule has 0 aliphatic heterocycles. The Morgan fingerprint density at radius 2 is 2.00 bits per heavy atom. The molecule has 1 saturated carbocycles. The molecule has 2 atom stereocenters. The number of alkyl halides is 2. The molecule has 1 aliphatic carbocycles. The fourth-order valence-electron chi connectivity index (χ4n) is 2.00. The molecule has 14 heavy (non-hydrogen) atoms. The van der Waals surface area contributed by atoms with Gasteiger partial charge in [-0.15, -0.1) is 23.2 Å². The zero-order chi connectivity index (χ0) is 10.9. The maximum absolute atomic E-state index is 11.9. The van der Waals surface area contributed by atoms with Crippen molar-refractivity contribution in [3.8, 4) is 0 Å². The average Bonchev–Trinajstić information content (AvgIpc) is 2.09. The lowest BCUT2D eigenvalue weighted by atomic mass is 9.69. The van der Waals surface area contributed by atoms with Crippen LogP contribution in [0.3, 0.4) is 0 Å². The van der Waals surface area contributed by atoms with Gasteiger partial charge in [-0.25, -0.2) is 0 Å². The van der Waals surface area contributed by atoms with Gasteiger partial charge < -0.3 is 0 Å². The van der Waals surface area contributed by atoms with Crippen molar-refractivity contribution in [3.05, 3.63) is 0 Å². The first kappa shape index (κ1) is 12.3. The Kier molecular flexibility index (Phi) is 3.87. The molecular weight excluding hydrogens is 219 g/mol. The van der Waals surface area contributed by atoms with Crippen molar-refractivity contribution < 1.29 is 4.79 Å². The Hall–Kier alpha value is 0.250. The molecule has 3 heteroatoms. The summed E-state index contributed by atoms with van der Waals surface area (Å²) in [6.07, 6.45) is 2.53. The van der Waals surface area contributed by atoms with Crippen LogP contribution in [0.1, 0.15) is 40.0 Å². The predicted octanol–water partition coefficient (Wildman–Crippen LogP) is 3.82. The quantitative estimate of drug-likeness (QED) is 0.667. The van der Waals surface area contributed by atoms with Gasteiger partial charge in [0.15, 0.2) is 0 Å². The second kappa shape index (κ2) is 4.40. The van der Waals surface area contributed by atoms with Crippen LogP contribution in [0.15, 0.2) is 0 Å². The van der Waals surface area contributed by atoms with Crippen LogP contribution in [0.2, 0.25) is 0 Å². The molecule has 0 aromatic carbocycles. The first-order valence-electron chi connectivity index (χ1n) is 5.19. The lowest BCUT2D eigenvalue weighted by Gasteiger charge is -2.38. The van der Waals surface area contributed by atoms with Crippen molar-refractivity contribution >= 4 is 29.0 Å². The molecule has 0 aromatic heterocycles. The van der Waals surface area contributed by atoms with E-state index in [0.717, 1.165) is 12.8 Å². The monoisotopic (exact) mass is 236 g/mol. The van der Waals surface area contributed by atoms with Crippen molar-refractivity contribution in [2.75, 3.05) is 0 Å². The molecule has 0 radical (unpaired) electrons. The van der Waals surface area contributed by atoms with E-state index >= 15 is 0 Å². The summed E-state index contributed by atoms with van der Waals surface area (Å²) < 4.78 is 0. The number of Topliss-reactive ketones (excluding diaryl/α,β-unsaturated/α-hetero) is 1. The Morgan fingerprint density at radius 3 is 2.36 bits per heavy atom. The minimum atomic E-state index is -0.567. The zero-order valence-corrected chi connectivity index (χ0v) is 10.5. The molecule has 0 spiro atoms. The van der Waals surface area contributed by atoms with Crippen LogP contribution in [0, 0.1) is 17.3 Å². The predicted molar refractivity (Wildman–Crippen MR) is 60.8 cm³/mol. The summed E-state index contributed by atoms with van der Waals surface area (Å²) in [7, 11) is 0. The maximum Gasteiger partial charge on any atom is 0.141 e. The zero-order valence-electron chi connectivity index (χ0n) is 9.02. The van der Waals surface area contributed by atoms with Gasteiger partial charge >= 0.3 is 0 Å². The Balaban J connectivity index is 2.69. The van der Waals surface area contributed by atoms with Gasteiger partial charge in [-0.2, -0.15) is 0 Å². The van der Waals surface area contributed by atoms with E-state index in [1.54, 1.807) is 0 Å². The van der Waals surface area contributed by atoms with Crippen LogP contribution < -0.4 is 0 Å². The Morgan fingerprint density at radius 1 is 1.43 bits per heavy atom. The summed E-state index contributed by atoms with van der Waals surface area (Å²) in [6, 6.07) is 0. The van der Waals surface area contributed by atoms with Crippen LogP contribution in [0.25, 0.3) is 0 Å². The number of ketones is 1. The van der Waals surface area contributed by atoms with Gasteiger partial charge in [-0.3, -0.25) is 4.79 Å². The van der Waals surface area contributed by atoms with Crippen LogP contribution in [-0.4, -0.2) is 10.6 Å². The topological polar surface area (TPSA) is 17.1 Å². The molecule has 0 heterocycles. The lowest BCUT2D eigenvalue weighted by molar-refractivity contribution is -0.131. The van der Waals surface area contributed by atoms with E-state index < -0.39 is 10.3 Å². The fourth-order valence-corrected chi connectivity index (χ4v) is 2.46. The van der Waals surface area contributed by atoms with Crippen molar-refractivity contribution in [2.24, 2.45) is 17.3 Å². The molecule has 0 unspecified atom stereocenters. The molecule has 1 nitrogen and oxygen atoms in total. The van der Waals surface area contributed by atoms with Gasteiger partial charge in [-0.05, 0) is 24.7 Å². The molecule has 1 rings (SSSR count). The van der Waals surface area contributed by atoms with E-state index in [1.165, 1.54) is 0 Å². The van der Waals surface area contributed by atoms with Crippen LogP contribution in [-0.2, 0) is 4.79 Å². The summed E-state index contributed by atoms with van der Waals surface area (Å²) >= 11 is 11.7. The van der Waals surface area contributed by atoms with Gasteiger partial charge in [-0.1, -0.05) is 20.8 Å². The molecule has 0 aromatic rings. The highest BCUT2D eigenvalue weighted by molar-refractivity contribution is 6.46. The fraction of sp³-hybridized carbons (Fsp3) is 0.909. The Labute approximate surface area is 96.2 Å². The summed E-state index contributed by atoms with van der Waals surface area (Å²) in [5.74, 6) is 1.33. The van der Waals surface area contributed by atoms with Crippen LogP contribution in [0.5, 0.6) is 0 Å². The van der Waals surface area contributed by atoms with Gasteiger partial charge in [0.1, 0.15) is 10.6 Å². The van der Waals surface area contributed by atoms with E-state index in [4.69, 9.17) is 23.2 Å². The van der Waals surface area contributed by atoms with Crippen molar-refractivity contribution in [1.29, 1.82) is 0 Å². The molecule has 0 N–H and O–H groups in total. The third-order valence-electron chi connectivity index (χ3n) is 3.54. The van der Waals surface area contributed by atoms with Crippen molar-refractivity contribution in [1.82, 2.24) is 0 Å². The minimum absolute atomic E-state index is 0.234. The van der Waals surface area contributed by atoms with Crippen molar-refractivity contribution in [2.45, 2.75) is 44.9 Å². The van der Waals surface area contributed by atoms with Gasteiger partial charge in [0, 0.05) is 6.42 Å². The summed E-state index contributed by atoms with van der Waals surface area (Å²) in [6.45, 7) is 6.22. The lowest BCUT2D eigenvalue weighted by Crippen LogP contribution is -2.40. The molecule has 0 saturated heterocycles. The molecule has 0 bridgehead atoms. The number of hydrogen-bond acceptors (Lipinski definition) is 1. The van der Waals surface area contributed by atoms with Crippen LogP contribution >= 0.6 is 23.2 Å². The van der Waals surface area contributed by atoms with E-state index in [-0.39, 0.29) is 5.78 Å².